The van der Waals surface area contributed by atoms with Gasteiger partial charge in [-0.15, -0.1) is 0 Å². The van der Waals surface area contributed by atoms with E-state index in [1.165, 1.54) is 0 Å². The van der Waals surface area contributed by atoms with Crippen LogP contribution < -0.4 is 0 Å². The fourth-order valence-corrected chi connectivity index (χ4v) is 2.83. The average Bonchev–Trinajstić information content (AvgIpc) is 2.26. The van der Waals surface area contributed by atoms with E-state index in [2.05, 4.69) is 32.6 Å². The first-order valence-electron chi connectivity index (χ1n) is 6.62. The highest BCUT2D eigenvalue weighted by Gasteiger charge is 2.45. The molecule has 2 nitrogen and oxygen atoms in total. The summed E-state index contributed by atoms with van der Waals surface area (Å²) in [6, 6.07) is 10.0. The van der Waals surface area contributed by atoms with Gasteiger partial charge in [0, 0.05) is 12.5 Å². The predicted molar refractivity (Wildman–Crippen MR) is 77.5 cm³/mol. The van der Waals surface area contributed by atoms with Crippen molar-refractivity contribution >= 4 is 0 Å². The number of hydrogen-bond donors (Lipinski definition) is 1. The maximum atomic E-state index is 11.3. The van der Waals surface area contributed by atoms with Crippen LogP contribution in [0.25, 0.3) is 0 Å². The summed E-state index contributed by atoms with van der Waals surface area (Å²) >= 11 is 0. The van der Waals surface area contributed by atoms with Gasteiger partial charge in [0.2, 0.25) is 0 Å². The molecule has 0 aromatic heterocycles. The summed E-state index contributed by atoms with van der Waals surface area (Å²) in [4.78, 5) is 2.13. The summed E-state index contributed by atoms with van der Waals surface area (Å²) < 4.78 is 0. The summed E-state index contributed by atoms with van der Waals surface area (Å²) in [5, 5.41) is 11.3. The van der Waals surface area contributed by atoms with Gasteiger partial charge in [-0.1, -0.05) is 58.0 Å². The Kier molecular flexibility index (Phi) is 4.57. The fourth-order valence-electron chi connectivity index (χ4n) is 2.83. The van der Waals surface area contributed by atoms with Crippen molar-refractivity contribution in [2.45, 2.75) is 33.3 Å². The fraction of sp³-hybridized carbons (Fsp3) is 0.625. The zero-order chi connectivity index (χ0) is 14.0. The molecule has 0 saturated heterocycles. The minimum Gasteiger partial charge on any atom is -0.384 e. The molecule has 0 aliphatic rings. The van der Waals surface area contributed by atoms with Crippen molar-refractivity contribution in [2.75, 3.05) is 20.6 Å². The highest BCUT2D eigenvalue weighted by molar-refractivity contribution is 5.25. The van der Waals surface area contributed by atoms with Gasteiger partial charge in [0.15, 0.2) is 0 Å². The van der Waals surface area contributed by atoms with Crippen LogP contribution in [0.2, 0.25) is 0 Å². The lowest BCUT2D eigenvalue weighted by molar-refractivity contribution is -0.112. The second-order valence-electron chi connectivity index (χ2n) is 6.55. The Hall–Kier alpha value is -0.860. The number of hydrogen-bond acceptors (Lipinski definition) is 2. The summed E-state index contributed by atoms with van der Waals surface area (Å²) in [6.07, 6.45) is 0. The van der Waals surface area contributed by atoms with E-state index < -0.39 is 5.60 Å². The van der Waals surface area contributed by atoms with E-state index in [1.54, 1.807) is 0 Å². The molecule has 1 aromatic carbocycles. The lowest BCUT2D eigenvalue weighted by Crippen LogP contribution is -2.48. The molecule has 0 spiro atoms. The molecule has 0 unspecified atom stereocenters. The van der Waals surface area contributed by atoms with Gasteiger partial charge >= 0.3 is 0 Å². The quantitative estimate of drug-likeness (QED) is 0.886. The number of nitrogens with zero attached hydrogens (tertiary/aromatic N) is 1. The van der Waals surface area contributed by atoms with Gasteiger partial charge in [-0.05, 0) is 25.1 Å². The molecule has 0 aliphatic carbocycles. The maximum Gasteiger partial charge on any atom is 0.0982 e. The molecular formula is C16H27NO. The maximum absolute atomic E-state index is 11.3. The molecule has 1 aromatic rings. The molecule has 0 saturated carbocycles. The Morgan fingerprint density at radius 1 is 1.11 bits per heavy atom. The Morgan fingerprint density at radius 3 is 2.00 bits per heavy atom. The van der Waals surface area contributed by atoms with E-state index in [1.807, 2.05) is 44.4 Å². The first kappa shape index (κ1) is 15.2. The van der Waals surface area contributed by atoms with Crippen molar-refractivity contribution in [1.29, 1.82) is 0 Å². The largest absolute Gasteiger partial charge is 0.384 e. The Morgan fingerprint density at radius 2 is 1.61 bits per heavy atom. The molecular weight excluding hydrogens is 222 g/mol. The van der Waals surface area contributed by atoms with E-state index in [9.17, 15) is 5.11 Å². The zero-order valence-electron chi connectivity index (χ0n) is 12.6. The SMILES string of the molecule is C[C@@H](CN(C)C)[C@](O)(c1ccccc1)C(C)(C)C. The molecule has 0 heterocycles. The number of aliphatic hydroxyl groups is 1. The second kappa shape index (κ2) is 5.41. The summed E-state index contributed by atoms with van der Waals surface area (Å²) in [6.45, 7) is 9.30. The molecule has 0 aliphatic heterocycles. The van der Waals surface area contributed by atoms with Gasteiger partial charge in [0.05, 0.1) is 5.60 Å². The van der Waals surface area contributed by atoms with Gasteiger partial charge in [0.25, 0.3) is 0 Å². The standard InChI is InChI=1S/C16H27NO/c1-13(12-17(5)6)16(18,15(2,3)4)14-10-8-7-9-11-14/h7-11,13,18H,12H2,1-6H3/t13-,16-/m0/s1. The van der Waals surface area contributed by atoms with Crippen molar-refractivity contribution in [2.24, 2.45) is 11.3 Å². The predicted octanol–water partition coefficient (Wildman–Crippen LogP) is 3.12. The van der Waals surface area contributed by atoms with E-state index >= 15 is 0 Å². The van der Waals surface area contributed by atoms with E-state index in [0.717, 1.165) is 12.1 Å². The van der Waals surface area contributed by atoms with E-state index in [-0.39, 0.29) is 11.3 Å². The zero-order valence-corrected chi connectivity index (χ0v) is 12.6. The van der Waals surface area contributed by atoms with Crippen LogP contribution >= 0.6 is 0 Å². The normalized spacial score (nSPS) is 17.6. The Bertz CT molecular complexity index is 366. The third kappa shape index (κ3) is 2.93. The average molecular weight is 249 g/mol. The Balaban J connectivity index is 3.20. The smallest absolute Gasteiger partial charge is 0.0982 e. The minimum atomic E-state index is -0.821. The van der Waals surface area contributed by atoms with Gasteiger partial charge in [0.1, 0.15) is 0 Å². The van der Waals surface area contributed by atoms with Crippen LogP contribution in [0.5, 0.6) is 0 Å². The van der Waals surface area contributed by atoms with Gasteiger partial charge < -0.3 is 10.0 Å². The van der Waals surface area contributed by atoms with Crippen molar-refractivity contribution in [3.63, 3.8) is 0 Å². The van der Waals surface area contributed by atoms with Crippen molar-refractivity contribution in [3.05, 3.63) is 35.9 Å². The molecule has 18 heavy (non-hydrogen) atoms. The molecule has 2 atom stereocenters. The summed E-state index contributed by atoms with van der Waals surface area (Å²) in [7, 11) is 4.09. The topological polar surface area (TPSA) is 23.5 Å². The number of rotatable bonds is 4. The van der Waals surface area contributed by atoms with E-state index in [4.69, 9.17) is 0 Å². The highest BCUT2D eigenvalue weighted by atomic mass is 16.3. The summed E-state index contributed by atoms with van der Waals surface area (Å²) in [5.41, 5.74) is -0.0191. The first-order chi connectivity index (χ1) is 8.19. The minimum absolute atomic E-state index is 0.162. The van der Waals surface area contributed by atoms with Crippen LogP contribution in [0, 0.1) is 11.3 Å². The van der Waals surface area contributed by atoms with Gasteiger partial charge in [-0.2, -0.15) is 0 Å². The van der Waals surface area contributed by atoms with Crippen LogP contribution in [0.1, 0.15) is 33.3 Å². The van der Waals surface area contributed by atoms with Crippen molar-refractivity contribution in [3.8, 4) is 0 Å². The molecule has 1 N–H and O–H groups in total. The van der Waals surface area contributed by atoms with Crippen LogP contribution in [0.4, 0.5) is 0 Å². The second-order valence-corrected chi connectivity index (χ2v) is 6.55. The highest BCUT2D eigenvalue weighted by Crippen LogP contribution is 2.44. The lowest BCUT2D eigenvalue weighted by Gasteiger charge is -2.46. The Labute approximate surface area is 112 Å². The molecule has 1 rings (SSSR count). The third-order valence-electron chi connectivity index (χ3n) is 3.71. The van der Waals surface area contributed by atoms with Gasteiger partial charge in [-0.3, -0.25) is 0 Å². The molecule has 2 heteroatoms. The van der Waals surface area contributed by atoms with Crippen LogP contribution in [0.3, 0.4) is 0 Å². The van der Waals surface area contributed by atoms with E-state index in [0.29, 0.717) is 0 Å². The summed E-state index contributed by atoms with van der Waals surface area (Å²) in [5.74, 6) is 0.162. The monoisotopic (exact) mass is 249 g/mol. The van der Waals surface area contributed by atoms with Crippen LogP contribution in [-0.2, 0) is 5.60 Å². The molecule has 0 amide bonds. The van der Waals surface area contributed by atoms with Crippen molar-refractivity contribution < 1.29 is 5.11 Å². The lowest BCUT2D eigenvalue weighted by atomic mass is 9.65. The molecule has 0 bridgehead atoms. The first-order valence-corrected chi connectivity index (χ1v) is 6.62. The van der Waals surface area contributed by atoms with Crippen molar-refractivity contribution in [1.82, 2.24) is 4.90 Å². The number of benzene rings is 1. The van der Waals surface area contributed by atoms with Crippen LogP contribution in [0.15, 0.2) is 30.3 Å². The molecule has 0 fully saturated rings. The molecule has 102 valence electrons. The van der Waals surface area contributed by atoms with Gasteiger partial charge in [-0.25, -0.2) is 0 Å². The molecule has 0 radical (unpaired) electrons. The van der Waals surface area contributed by atoms with Crippen LogP contribution in [-0.4, -0.2) is 30.6 Å². The third-order valence-corrected chi connectivity index (χ3v) is 3.71.